The summed E-state index contributed by atoms with van der Waals surface area (Å²) >= 11 is 0. The van der Waals surface area contributed by atoms with Crippen molar-refractivity contribution >= 4 is 11.5 Å². The Bertz CT molecular complexity index is 702. The number of carbonyl (C=O) groups is 1. The summed E-state index contributed by atoms with van der Waals surface area (Å²) in [6.07, 6.45) is 5.24. The molecule has 2 rings (SSSR count). The van der Waals surface area contributed by atoms with Gasteiger partial charge in [0.15, 0.2) is 5.78 Å². The van der Waals surface area contributed by atoms with E-state index in [0.717, 1.165) is 11.1 Å². The number of ketones is 1. The zero-order chi connectivity index (χ0) is 16.3. The van der Waals surface area contributed by atoms with Gasteiger partial charge in [0.2, 0.25) is 0 Å². The van der Waals surface area contributed by atoms with E-state index >= 15 is 0 Å². The number of allylic oxidation sites excluding steroid dienone is 5. The van der Waals surface area contributed by atoms with Crippen LogP contribution in [0.5, 0.6) is 0 Å². The third-order valence-corrected chi connectivity index (χ3v) is 3.31. The molecular formula is C18H19FN2O. The maximum absolute atomic E-state index is 12.8. The first-order valence-corrected chi connectivity index (χ1v) is 7.09. The van der Waals surface area contributed by atoms with Crippen LogP contribution < -0.4 is 0 Å². The summed E-state index contributed by atoms with van der Waals surface area (Å²) in [7, 11) is 0. The molecule has 0 saturated carbocycles. The average molecular weight is 298 g/mol. The quantitative estimate of drug-likeness (QED) is 0.683. The lowest BCUT2D eigenvalue weighted by Gasteiger charge is -2.24. The summed E-state index contributed by atoms with van der Waals surface area (Å²) in [5, 5.41) is 8.02. The molecule has 22 heavy (non-hydrogen) atoms. The normalized spacial score (nSPS) is 17.9. The SMILES string of the molecule is CC1=C/C(=C/N=Nc2ccc(F)cc2)C=C(C(C)(C)C)C1=O. The van der Waals surface area contributed by atoms with Crippen LogP contribution in [0.25, 0.3) is 0 Å². The molecule has 3 nitrogen and oxygen atoms in total. The van der Waals surface area contributed by atoms with Crippen molar-refractivity contribution in [3.05, 3.63) is 65.2 Å². The second-order valence-corrected chi connectivity index (χ2v) is 6.29. The Labute approximate surface area is 130 Å². The topological polar surface area (TPSA) is 41.8 Å². The molecule has 0 amide bonds. The van der Waals surface area contributed by atoms with Gasteiger partial charge < -0.3 is 0 Å². The van der Waals surface area contributed by atoms with Gasteiger partial charge in [0, 0.05) is 5.57 Å². The molecule has 0 heterocycles. The third-order valence-electron chi connectivity index (χ3n) is 3.31. The monoisotopic (exact) mass is 298 g/mol. The molecule has 1 aliphatic rings. The Balaban J connectivity index is 2.25. The highest BCUT2D eigenvalue weighted by Crippen LogP contribution is 2.32. The van der Waals surface area contributed by atoms with Gasteiger partial charge in [-0.05, 0) is 59.9 Å². The Morgan fingerprint density at radius 3 is 2.32 bits per heavy atom. The number of azo groups is 1. The minimum absolute atomic E-state index is 0.0696. The fourth-order valence-electron chi connectivity index (χ4n) is 2.10. The van der Waals surface area contributed by atoms with Crippen molar-refractivity contribution in [3.8, 4) is 0 Å². The van der Waals surface area contributed by atoms with Gasteiger partial charge in [-0.15, -0.1) is 0 Å². The molecule has 4 heteroatoms. The Hall–Kier alpha value is -2.36. The second-order valence-electron chi connectivity index (χ2n) is 6.29. The summed E-state index contributed by atoms with van der Waals surface area (Å²) in [4.78, 5) is 12.2. The van der Waals surface area contributed by atoms with Crippen LogP contribution in [0, 0.1) is 11.2 Å². The van der Waals surface area contributed by atoms with Crippen molar-refractivity contribution in [2.75, 3.05) is 0 Å². The molecule has 0 bridgehead atoms. The Morgan fingerprint density at radius 2 is 1.73 bits per heavy atom. The van der Waals surface area contributed by atoms with Crippen LogP contribution in [0.4, 0.5) is 10.1 Å². The van der Waals surface area contributed by atoms with Crippen molar-refractivity contribution in [3.63, 3.8) is 0 Å². The molecule has 0 spiro atoms. The van der Waals surface area contributed by atoms with E-state index in [1.807, 2.05) is 26.8 Å². The molecular weight excluding hydrogens is 279 g/mol. The number of rotatable bonds is 2. The molecule has 0 saturated heterocycles. The third kappa shape index (κ3) is 3.85. The van der Waals surface area contributed by atoms with E-state index in [9.17, 15) is 9.18 Å². The molecule has 0 fully saturated rings. The maximum Gasteiger partial charge on any atom is 0.185 e. The fourth-order valence-corrected chi connectivity index (χ4v) is 2.10. The average Bonchev–Trinajstić information content (AvgIpc) is 2.43. The standard InChI is InChI=1S/C18H19FN2O/c1-12-9-13(10-16(17(12)22)18(2,3)4)11-20-21-15-7-5-14(19)6-8-15/h5-11H,1-4H3/b13-11-,21-20?. The van der Waals surface area contributed by atoms with E-state index in [0.29, 0.717) is 11.3 Å². The van der Waals surface area contributed by atoms with Gasteiger partial charge in [-0.1, -0.05) is 20.8 Å². The molecule has 0 atom stereocenters. The van der Waals surface area contributed by atoms with E-state index in [4.69, 9.17) is 0 Å². The highest BCUT2D eigenvalue weighted by molar-refractivity contribution is 6.10. The first kappa shape index (κ1) is 16.0. The lowest BCUT2D eigenvalue weighted by atomic mass is 9.78. The summed E-state index contributed by atoms with van der Waals surface area (Å²) in [6, 6.07) is 5.78. The van der Waals surface area contributed by atoms with Crippen LogP contribution in [0.1, 0.15) is 27.7 Å². The van der Waals surface area contributed by atoms with E-state index in [1.54, 1.807) is 31.3 Å². The number of hydrogen-bond donors (Lipinski definition) is 0. The predicted molar refractivity (Wildman–Crippen MR) is 85.3 cm³/mol. The second kappa shape index (κ2) is 6.18. The van der Waals surface area contributed by atoms with Crippen LogP contribution in [-0.2, 0) is 4.79 Å². The van der Waals surface area contributed by atoms with Crippen LogP contribution in [0.3, 0.4) is 0 Å². The van der Waals surface area contributed by atoms with Crippen LogP contribution in [-0.4, -0.2) is 5.78 Å². The first-order chi connectivity index (χ1) is 10.3. The van der Waals surface area contributed by atoms with E-state index < -0.39 is 0 Å². The number of hydrogen-bond acceptors (Lipinski definition) is 3. The van der Waals surface area contributed by atoms with Crippen LogP contribution in [0.2, 0.25) is 0 Å². The van der Waals surface area contributed by atoms with Gasteiger partial charge in [0.25, 0.3) is 0 Å². The highest BCUT2D eigenvalue weighted by Gasteiger charge is 2.27. The molecule has 0 N–H and O–H groups in total. The molecule has 114 valence electrons. The van der Waals surface area contributed by atoms with Crippen LogP contribution in [0.15, 0.2) is 69.6 Å². The fraction of sp³-hybridized carbons (Fsp3) is 0.278. The minimum atomic E-state index is -0.306. The molecule has 1 aromatic carbocycles. The van der Waals surface area contributed by atoms with E-state index in [2.05, 4.69) is 10.2 Å². The highest BCUT2D eigenvalue weighted by atomic mass is 19.1. The van der Waals surface area contributed by atoms with E-state index in [1.165, 1.54) is 12.1 Å². The summed E-state index contributed by atoms with van der Waals surface area (Å²) in [6.45, 7) is 7.82. The molecule has 0 aromatic heterocycles. The number of halogens is 1. The zero-order valence-corrected chi connectivity index (χ0v) is 13.2. The number of Topliss-reactive ketones (excluding diaryl/α,β-unsaturated/α-hetero) is 1. The van der Waals surface area contributed by atoms with Crippen molar-refractivity contribution in [2.24, 2.45) is 15.6 Å². The van der Waals surface area contributed by atoms with Gasteiger partial charge in [-0.3, -0.25) is 4.79 Å². The predicted octanol–water partition coefficient (Wildman–Crippen LogP) is 5.29. The minimum Gasteiger partial charge on any atom is -0.289 e. The van der Waals surface area contributed by atoms with Gasteiger partial charge in [-0.25, -0.2) is 4.39 Å². The summed E-state index contributed by atoms with van der Waals surface area (Å²) in [5.41, 5.74) is 2.63. The molecule has 1 aliphatic carbocycles. The molecule has 0 aliphatic heterocycles. The summed E-state index contributed by atoms with van der Waals surface area (Å²) < 4.78 is 12.8. The largest absolute Gasteiger partial charge is 0.289 e. The number of carbonyl (C=O) groups excluding carboxylic acids is 1. The molecule has 1 aromatic rings. The zero-order valence-electron chi connectivity index (χ0n) is 13.2. The van der Waals surface area contributed by atoms with Gasteiger partial charge in [-0.2, -0.15) is 10.2 Å². The summed E-state index contributed by atoms with van der Waals surface area (Å²) in [5.74, 6) is -0.237. The van der Waals surface area contributed by atoms with Gasteiger partial charge in [0.1, 0.15) is 5.82 Å². The Kier molecular flexibility index (Phi) is 4.50. The van der Waals surface area contributed by atoms with Crippen molar-refractivity contribution in [1.82, 2.24) is 0 Å². The molecule has 0 unspecified atom stereocenters. The van der Waals surface area contributed by atoms with Crippen molar-refractivity contribution in [2.45, 2.75) is 27.7 Å². The smallest absolute Gasteiger partial charge is 0.185 e. The lowest BCUT2D eigenvalue weighted by Crippen LogP contribution is -2.21. The van der Waals surface area contributed by atoms with E-state index in [-0.39, 0.29) is 17.0 Å². The number of benzene rings is 1. The number of nitrogens with zero attached hydrogens (tertiary/aromatic N) is 2. The maximum atomic E-state index is 12.8. The van der Waals surface area contributed by atoms with Gasteiger partial charge >= 0.3 is 0 Å². The first-order valence-electron chi connectivity index (χ1n) is 7.09. The Morgan fingerprint density at radius 1 is 1.09 bits per heavy atom. The van der Waals surface area contributed by atoms with Crippen molar-refractivity contribution < 1.29 is 9.18 Å². The molecule has 0 radical (unpaired) electrons. The van der Waals surface area contributed by atoms with Crippen molar-refractivity contribution in [1.29, 1.82) is 0 Å². The van der Waals surface area contributed by atoms with Gasteiger partial charge in [0.05, 0.1) is 11.9 Å². The lowest BCUT2D eigenvalue weighted by molar-refractivity contribution is -0.113. The van der Waals surface area contributed by atoms with Crippen LogP contribution >= 0.6 is 0 Å².